The zero-order valence-electron chi connectivity index (χ0n) is 12.3. The second kappa shape index (κ2) is 5.37. The van der Waals surface area contributed by atoms with Gasteiger partial charge in [-0.1, -0.05) is 18.2 Å². The summed E-state index contributed by atoms with van der Waals surface area (Å²) >= 11 is 0. The van der Waals surface area contributed by atoms with Gasteiger partial charge in [-0.2, -0.15) is 0 Å². The fraction of sp³-hybridized carbons (Fsp3) is 0.294. The number of hydrogen-bond acceptors (Lipinski definition) is 4. The first-order valence-corrected chi connectivity index (χ1v) is 7.06. The Hall–Kier alpha value is -2.07. The van der Waals surface area contributed by atoms with Crippen molar-refractivity contribution in [3.8, 4) is 0 Å². The van der Waals surface area contributed by atoms with Crippen molar-refractivity contribution in [2.45, 2.75) is 26.0 Å². The summed E-state index contributed by atoms with van der Waals surface area (Å²) in [5, 5.41) is 10.1. The van der Waals surface area contributed by atoms with E-state index >= 15 is 0 Å². The van der Waals surface area contributed by atoms with Gasteiger partial charge >= 0.3 is 0 Å². The second-order valence-electron chi connectivity index (χ2n) is 5.89. The van der Waals surface area contributed by atoms with Gasteiger partial charge in [0.2, 0.25) is 6.67 Å². The van der Waals surface area contributed by atoms with Gasteiger partial charge in [0.15, 0.2) is 0 Å². The van der Waals surface area contributed by atoms with Gasteiger partial charge in [-0.25, -0.2) is 0 Å². The minimum absolute atomic E-state index is 0.503. The van der Waals surface area contributed by atoms with Crippen LogP contribution in [-0.2, 0) is 6.54 Å². The molecule has 4 nitrogen and oxygen atoms in total. The van der Waals surface area contributed by atoms with Crippen LogP contribution in [0.15, 0.2) is 48.7 Å². The lowest BCUT2D eigenvalue weighted by atomic mass is 10.1. The molecule has 3 rings (SSSR count). The first-order valence-electron chi connectivity index (χ1n) is 7.06. The summed E-state index contributed by atoms with van der Waals surface area (Å²) in [6, 6.07) is 14.0. The highest BCUT2D eigenvalue weighted by Crippen LogP contribution is 2.39. The fourth-order valence-electron chi connectivity index (χ4n) is 2.46. The summed E-state index contributed by atoms with van der Waals surface area (Å²) in [4.78, 5) is 8.38. The number of rotatable bonds is 4. The Morgan fingerprint density at radius 2 is 1.71 bits per heavy atom. The van der Waals surface area contributed by atoms with Gasteiger partial charge in [-0.15, -0.1) is 0 Å². The standard InChI is InChI=1S/C17H19N3O/c1-17(2,21)12-20-13-19(11-14-7-5-6-10-18-14)15-8-3-4-9-16(15)20/h3-10,21H,11-12H2,1-2H3. The summed E-state index contributed by atoms with van der Waals surface area (Å²) in [6.07, 6.45) is 1.80. The van der Waals surface area contributed by atoms with Crippen LogP contribution in [0.1, 0.15) is 19.5 Å². The Morgan fingerprint density at radius 3 is 2.33 bits per heavy atom. The monoisotopic (exact) mass is 281 g/mol. The first kappa shape index (κ1) is 13.9. The molecule has 1 aliphatic rings. The second-order valence-corrected chi connectivity index (χ2v) is 5.89. The molecule has 0 amide bonds. The zero-order valence-corrected chi connectivity index (χ0v) is 12.3. The minimum atomic E-state index is -0.777. The molecule has 0 saturated heterocycles. The van der Waals surface area contributed by atoms with Crippen LogP contribution in [0.4, 0.5) is 11.4 Å². The highest BCUT2D eigenvalue weighted by atomic mass is 16.3. The first-order chi connectivity index (χ1) is 10.0. The minimum Gasteiger partial charge on any atom is -0.389 e. The Labute approximate surface area is 125 Å². The SMILES string of the molecule is CC(C)(O)CN1[C]N(Cc2ccccn2)c2ccccc21. The van der Waals surface area contributed by atoms with Gasteiger partial charge in [-0.3, -0.25) is 4.98 Å². The van der Waals surface area contributed by atoms with E-state index in [1.165, 1.54) is 0 Å². The molecule has 2 radical (unpaired) electrons. The molecule has 1 N–H and O–H groups in total. The number of benzene rings is 1. The molecule has 2 heterocycles. The van der Waals surface area contributed by atoms with E-state index in [0.29, 0.717) is 13.1 Å². The van der Waals surface area contributed by atoms with E-state index < -0.39 is 5.60 Å². The molecule has 21 heavy (non-hydrogen) atoms. The van der Waals surface area contributed by atoms with Crippen LogP contribution in [0.25, 0.3) is 0 Å². The van der Waals surface area contributed by atoms with Crippen molar-refractivity contribution in [2.24, 2.45) is 0 Å². The summed E-state index contributed by atoms with van der Waals surface area (Å²) in [5.41, 5.74) is 2.37. The number of para-hydroxylation sites is 2. The van der Waals surface area contributed by atoms with Gasteiger partial charge in [-0.05, 0) is 38.1 Å². The number of nitrogens with zero attached hydrogens (tertiary/aromatic N) is 3. The molecule has 4 heteroatoms. The average Bonchev–Trinajstić information content (AvgIpc) is 2.77. The van der Waals surface area contributed by atoms with E-state index in [1.807, 2.05) is 46.2 Å². The topological polar surface area (TPSA) is 39.6 Å². The van der Waals surface area contributed by atoms with Crippen LogP contribution in [0, 0.1) is 6.67 Å². The van der Waals surface area contributed by atoms with E-state index in [1.54, 1.807) is 20.0 Å². The molecule has 0 spiro atoms. The molecule has 1 aliphatic heterocycles. The normalized spacial score (nSPS) is 14.4. The molecule has 0 atom stereocenters. The van der Waals surface area contributed by atoms with Crippen LogP contribution in [0.2, 0.25) is 0 Å². The van der Waals surface area contributed by atoms with Crippen LogP contribution in [0.3, 0.4) is 0 Å². The van der Waals surface area contributed by atoms with Crippen LogP contribution >= 0.6 is 0 Å². The molecule has 0 unspecified atom stereocenters. The zero-order chi connectivity index (χ0) is 14.9. The molecule has 1 aromatic heterocycles. The molecule has 0 aliphatic carbocycles. The van der Waals surface area contributed by atoms with Gasteiger partial charge in [0, 0.05) is 12.7 Å². The smallest absolute Gasteiger partial charge is 0.209 e. The Bertz CT molecular complexity index is 607. The average molecular weight is 281 g/mol. The molecule has 0 saturated carbocycles. The summed E-state index contributed by atoms with van der Waals surface area (Å²) in [5.74, 6) is 0. The Kier molecular flexibility index (Phi) is 3.55. The molecule has 2 aromatic rings. The molecular formula is C17H19N3O. The summed E-state index contributed by atoms with van der Waals surface area (Å²) in [6.45, 7) is 8.11. The number of hydrogen-bond donors (Lipinski definition) is 1. The van der Waals surface area contributed by atoms with Gasteiger partial charge < -0.3 is 14.9 Å². The third-order valence-electron chi connectivity index (χ3n) is 3.30. The maximum atomic E-state index is 10.1. The number of pyridine rings is 1. The molecule has 1 aromatic carbocycles. The fourth-order valence-corrected chi connectivity index (χ4v) is 2.46. The predicted molar refractivity (Wildman–Crippen MR) is 83.7 cm³/mol. The third-order valence-corrected chi connectivity index (χ3v) is 3.30. The Balaban J connectivity index is 1.84. The molecular weight excluding hydrogens is 262 g/mol. The van der Waals surface area contributed by atoms with Crippen molar-refractivity contribution in [2.75, 3.05) is 16.3 Å². The maximum Gasteiger partial charge on any atom is 0.209 e. The van der Waals surface area contributed by atoms with E-state index in [9.17, 15) is 5.11 Å². The van der Waals surface area contributed by atoms with Crippen LogP contribution < -0.4 is 9.80 Å². The van der Waals surface area contributed by atoms with Crippen molar-refractivity contribution in [3.05, 3.63) is 61.0 Å². The van der Waals surface area contributed by atoms with Crippen molar-refractivity contribution >= 4 is 11.4 Å². The molecule has 0 bridgehead atoms. The van der Waals surface area contributed by atoms with E-state index in [-0.39, 0.29) is 0 Å². The van der Waals surface area contributed by atoms with Gasteiger partial charge in [0.1, 0.15) is 0 Å². The van der Waals surface area contributed by atoms with Crippen LogP contribution in [0.5, 0.6) is 0 Å². The van der Waals surface area contributed by atoms with E-state index in [2.05, 4.69) is 17.7 Å². The lowest BCUT2D eigenvalue weighted by Crippen LogP contribution is -2.37. The van der Waals surface area contributed by atoms with E-state index in [4.69, 9.17) is 0 Å². The summed E-state index contributed by atoms with van der Waals surface area (Å²) < 4.78 is 0. The van der Waals surface area contributed by atoms with Crippen molar-refractivity contribution in [3.63, 3.8) is 0 Å². The highest BCUT2D eigenvalue weighted by molar-refractivity contribution is 5.78. The van der Waals surface area contributed by atoms with E-state index in [0.717, 1.165) is 17.1 Å². The van der Waals surface area contributed by atoms with Crippen molar-refractivity contribution in [1.29, 1.82) is 0 Å². The third kappa shape index (κ3) is 3.16. The van der Waals surface area contributed by atoms with Gasteiger partial charge in [0.25, 0.3) is 0 Å². The van der Waals surface area contributed by atoms with Crippen molar-refractivity contribution < 1.29 is 5.11 Å². The predicted octanol–water partition coefficient (Wildman–Crippen LogP) is 2.68. The van der Waals surface area contributed by atoms with Gasteiger partial charge in [0.05, 0.1) is 29.2 Å². The number of aromatic nitrogens is 1. The molecule has 108 valence electrons. The lowest BCUT2D eigenvalue weighted by molar-refractivity contribution is 0.0889. The maximum absolute atomic E-state index is 10.1. The largest absolute Gasteiger partial charge is 0.389 e. The number of fused-ring (bicyclic) bond motifs is 1. The number of aliphatic hydroxyl groups is 1. The molecule has 0 fully saturated rings. The summed E-state index contributed by atoms with van der Waals surface area (Å²) in [7, 11) is 0. The lowest BCUT2D eigenvalue weighted by Gasteiger charge is -2.26. The number of anilines is 2. The van der Waals surface area contributed by atoms with Crippen LogP contribution in [-0.4, -0.2) is 22.2 Å². The van der Waals surface area contributed by atoms with Crippen molar-refractivity contribution in [1.82, 2.24) is 4.98 Å². The number of β-amino-alcohol motifs (C(OH)–C–C–N with tert-alkyl or cyclic N) is 1. The quantitative estimate of drug-likeness (QED) is 0.935. The highest BCUT2D eigenvalue weighted by Gasteiger charge is 2.30. The Morgan fingerprint density at radius 1 is 1.05 bits per heavy atom.